The number of hydrogen-bond donors (Lipinski definition) is 2. The van der Waals surface area contributed by atoms with Gasteiger partial charge < -0.3 is 9.72 Å². The van der Waals surface area contributed by atoms with E-state index in [-0.39, 0.29) is 16.9 Å². The minimum Gasteiger partial charge on any atom is -0.383 e. The van der Waals surface area contributed by atoms with Gasteiger partial charge in [-0.2, -0.15) is 0 Å². The first-order valence-electron chi connectivity index (χ1n) is 5.66. The van der Waals surface area contributed by atoms with Crippen molar-refractivity contribution >= 4 is 21.6 Å². The number of methoxy groups -OCH3 is 1. The van der Waals surface area contributed by atoms with Crippen molar-refractivity contribution in [3.63, 3.8) is 0 Å². The van der Waals surface area contributed by atoms with Crippen molar-refractivity contribution in [3.05, 3.63) is 12.0 Å². The average molecular weight is 296 g/mol. The van der Waals surface area contributed by atoms with Gasteiger partial charge in [-0.1, -0.05) is 6.92 Å². The van der Waals surface area contributed by atoms with Crippen molar-refractivity contribution in [1.82, 2.24) is 14.7 Å². The maximum atomic E-state index is 11.8. The van der Waals surface area contributed by atoms with Gasteiger partial charge in [0.2, 0.25) is 0 Å². The number of alkyl halides is 1. The Labute approximate surface area is 112 Å². The van der Waals surface area contributed by atoms with Gasteiger partial charge in [-0.25, -0.2) is 18.1 Å². The Kier molecular flexibility index (Phi) is 6.07. The van der Waals surface area contributed by atoms with Crippen LogP contribution < -0.4 is 4.72 Å². The number of halogens is 1. The molecule has 0 aliphatic rings. The van der Waals surface area contributed by atoms with E-state index in [1.54, 1.807) is 7.11 Å². The predicted octanol–water partition coefficient (Wildman–Crippen LogP) is 0.894. The Morgan fingerprint density at radius 1 is 1.61 bits per heavy atom. The number of ether oxygens (including phenoxy) is 1. The van der Waals surface area contributed by atoms with E-state index in [1.807, 2.05) is 6.92 Å². The number of rotatable bonds is 8. The summed E-state index contributed by atoms with van der Waals surface area (Å²) in [5.41, 5.74) is 0. The highest BCUT2D eigenvalue weighted by Crippen LogP contribution is 2.07. The topological polar surface area (TPSA) is 84.1 Å². The summed E-state index contributed by atoms with van der Waals surface area (Å²) in [6.45, 7) is 2.55. The van der Waals surface area contributed by atoms with E-state index >= 15 is 0 Å². The molecular weight excluding hydrogens is 278 g/mol. The van der Waals surface area contributed by atoms with Crippen molar-refractivity contribution in [3.8, 4) is 0 Å². The summed E-state index contributed by atoms with van der Waals surface area (Å²) < 4.78 is 31.0. The van der Waals surface area contributed by atoms with Gasteiger partial charge in [0, 0.05) is 20.1 Å². The second-order valence-electron chi connectivity index (χ2n) is 3.79. The van der Waals surface area contributed by atoms with Crippen molar-refractivity contribution in [2.75, 3.05) is 20.3 Å². The van der Waals surface area contributed by atoms with Crippen molar-refractivity contribution in [2.24, 2.45) is 0 Å². The van der Waals surface area contributed by atoms with Crippen LogP contribution in [0.25, 0.3) is 0 Å². The monoisotopic (exact) mass is 295 g/mol. The highest BCUT2D eigenvalue weighted by Gasteiger charge is 2.16. The molecule has 8 heteroatoms. The van der Waals surface area contributed by atoms with Crippen LogP contribution in [-0.4, -0.2) is 44.0 Å². The van der Waals surface area contributed by atoms with Gasteiger partial charge in [-0.05, 0) is 6.42 Å². The van der Waals surface area contributed by atoms with E-state index in [1.165, 1.54) is 6.20 Å². The Bertz CT molecular complexity index is 461. The second kappa shape index (κ2) is 7.08. The third kappa shape index (κ3) is 4.56. The maximum absolute atomic E-state index is 11.8. The minimum atomic E-state index is -3.53. The van der Waals surface area contributed by atoms with Crippen LogP contribution in [0.5, 0.6) is 0 Å². The lowest BCUT2D eigenvalue weighted by Gasteiger charge is -2.08. The summed E-state index contributed by atoms with van der Waals surface area (Å²) in [4.78, 5) is 6.70. The molecule has 1 aromatic rings. The Morgan fingerprint density at radius 2 is 2.33 bits per heavy atom. The molecule has 2 N–H and O–H groups in total. The van der Waals surface area contributed by atoms with Gasteiger partial charge in [-0.3, -0.25) is 0 Å². The van der Waals surface area contributed by atoms with Crippen LogP contribution in [0.3, 0.4) is 0 Å². The summed E-state index contributed by atoms with van der Waals surface area (Å²) in [7, 11) is -1.98. The zero-order chi connectivity index (χ0) is 13.6. The molecule has 18 heavy (non-hydrogen) atoms. The molecule has 0 aliphatic heterocycles. The van der Waals surface area contributed by atoms with Crippen LogP contribution in [0.2, 0.25) is 0 Å². The molecule has 1 aromatic heterocycles. The van der Waals surface area contributed by atoms with Crippen LogP contribution >= 0.6 is 11.6 Å². The van der Waals surface area contributed by atoms with E-state index in [9.17, 15) is 8.42 Å². The van der Waals surface area contributed by atoms with E-state index in [2.05, 4.69) is 14.7 Å². The summed E-state index contributed by atoms with van der Waals surface area (Å²) in [6, 6.07) is 0. The third-order valence-corrected chi connectivity index (χ3v) is 4.04. The third-order valence-electron chi connectivity index (χ3n) is 2.33. The Hall–Kier alpha value is -0.630. The summed E-state index contributed by atoms with van der Waals surface area (Å²) in [5, 5.41) is -0.122. The molecule has 0 aromatic carbocycles. The molecule has 0 saturated carbocycles. The van der Waals surface area contributed by atoms with Gasteiger partial charge >= 0.3 is 0 Å². The lowest BCUT2D eigenvalue weighted by molar-refractivity contribution is 0.196. The maximum Gasteiger partial charge on any atom is 0.257 e. The fourth-order valence-electron chi connectivity index (χ4n) is 1.35. The molecule has 1 atom stereocenters. The lowest BCUT2D eigenvalue weighted by atomic mass is 10.3. The molecule has 6 nitrogen and oxygen atoms in total. The fraction of sp³-hybridized carbons (Fsp3) is 0.700. The zero-order valence-corrected chi connectivity index (χ0v) is 12.0. The van der Waals surface area contributed by atoms with Crippen LogP contribution in [-0.2, 0) is 21.2 Å². The molecule has 1 heterocycles. The number of H-pyrrole nitrogens is 1. The average Bonchev–Trinajstić information content (AvgIpc) is 2.78. The number of aromatic amines is 1. The highest BCUT2D eigenvalue weighted by molar-refractivity contribution is 7.89. The molecule has 0 saturated heterocycles. The first kappa shape index (κ1) is 15.4. The number of imidazole rings is 1. The van der Waals surface area contributed by atoms with Crippen LogP contribution in [0.1, 0.15) is 19.2 Å². The fourth-order valence-corrected chi connectivity index (χ4v) is 2.57. The van der Waals surface area contributed by atoms with Gasteiger partial charge in [0.15, 0.2) is 5.03 Å². The Balaban J connectivity index is 2.50. The number of sulfonamides is 1. The van der Waals surface area contributed by atoms with Crippen LogP contribution in [0.4, 0.5) is 0 Å². The number of aromatic nitrogens is 2. The number of nitrogens with zero attached hydrogens (tertiary/aromatic N) is 1. The van der Waals surface area contributed by atoms with Crippen molar-refractivity contribution < 1.29 is 13.2 Å². The highest BCUT2D eigenvalue weighted by atomic mass is 35.5. The standard InChI is InChI=1S/C10H18ClN3O3S/c1-3-9-12-6-10(14-9)18(15,16)13-5-4-8(11)7-17-2/h6,8,13H,3-5,7H2,1-2H3,(H,12,14). The Morgan fingerprint density at radius 3 is 2.89 bits per heavy atom. The van der Waals surface area contributed by atoms with Gasteiger partial charge in [-0.15, -0.1) is 11.6 Å². The van der Waals surface area contributed by atoms with Gasteiger partial charge in [0.1, 0.15) is 5.82 Å². The van der Waals surface area contributed by atoms with Gasteiger partial charge in [0.05, 0.1) is 18.2 Å². The molecule has 0 fully saturated rings. The molecule has 0 aliphatic carbocycles. The molecule has 0 spiro atoms. The van der Waals surface area contributed by atoms with Crippen molar-refractivity contribution in [2.45, 2.75) is 30.2 Å². The summed E-state index contributed by atoms with van der Waals surface area (Å²) >= 11 is 5.90. The normalized spacial score (nSPS) is 13.7. The molecule has 1 unspecified atom stereocenters. The molecule has 1 rings (SSSR count). The number of aryl methyl sites for hydroxylation is 1. The first-order valence-corrected chi connectivity index (χ1v) is 7.58. The van der Waals surface area contributed by atoms with Crippen molar-refractivity contribution in [1.29, 1.82) is 0 Å². The molecule has 0 bridgehead atoms. The summed E-state index contributed by atoms with van der Waals surface area (Å²) in [6.07, 6.45) is 2.48. The second-order valence-corrected chi connectivity index (χ2v) is 6.14. The van der Waals surface area contributed by atoms with E-state index in [4.69, 9.17) is 16.3 Å². The number of hydrogen-bond acceptors (Lipinski definition) is 4. The molecular formula is C10H18ClN3O3S. The lowest BCUT2D eigenvalue weighted by Crippen LogP contribution is -2.27. The largest absolute Gasteiger partial charge is 0.383 e. The van der Waals surface area contributed by atoms with E-state index in [0.717, 1.165) is 0 Å². The predicted molar refractivity (Wildman–Crippen MR) is 69.3 cm³/mol. The van der Waals surface area contributed by atoms with E-state index < -0.39 is 10.0 Å². The SMILES string of the molecule is CCc1ncc(S(=O)(=O)NCCC(Cl)COC)[nH]1. The molecule has 0 radical (unpaired) electrons. The summed E-state index contributed by atoms with van der Waals surface area (Å²) in [5.74, 6) is 0.643. The minimum absolute atomic E-state index is 0.0808. The number of nitrogens with one attached hydrogen (secondary N) is 2. The molecule has 104 valence electrons. The van der Waals surface area contributed by atoms with Crippen LogP contribution in [0, 0.1) is 0 Å². The zero-order valence-electron chi connectivity index (χ0n) is 10.4. The smallest absolute Gasteiger partial charge is 0.257 e. The van der Waals surface area contributed by atoms with Gasteiger partial charge in [0.25, 0.3) is 10.0 Å². The van der Waals surface area contributed by atoms with Crippen LogP contribution in [0.15, 0.2) is 11.2 Å². The first-order chi connectivity index (χ1) is 8.49. The van der Waals surface area contributed by atoms with E-state index in [0.29, 0.717) is 25.3 Å². The molecule has 0 amide bonds. The quantitative estimate of drug-likeness (QED) is 0.698.